The second-order valence-corrected chi connectivity index (χ2v) is 11.3. The van der Waals surface area contributed by atoms with Crippen LogP contribution in [0.2, 0.25) is 0 Å². The molecule has 11 heteroatoms. The monoisotopic (exact) mass is 565 g/mol. The molecule has 0 aromatic heterocycles. The third-order valence-electron chi connectivity index (χ3n) is 8.11. The highest BCUT2D eigenvalue weighted by Gasteiger charge is 2.36. The first kappa shape index (κ1) is 28.0. The van der Waals surface area contributed by atoms with E-state index < -0.39 is 0 Å². The fourth-order valence-corrected chi connectivity index (χ4v) is 5.65. The number of fused-ring (bicyclic) bond motifs is 7. The summed E-state index contributed by atoms with van der Waals surface area (Å²) in [5.74, 6) is 3.22. The molecule has 222 valence electrons. The first-order valence-electron chi connectivity index (χ1n) is 14.9. The van der Waals surface area contributed by atoms with Gasteiger partial charge in [-0.05, 0) is 32.5 Å². The number of rotatable bonds is 5. The Kier molecular flexibility index (Phi) is 9.05. The first-order chi connectivity index (χ1) is 20.2. The minimum absolute atomic E-state index is 0.139. The molecule has 0 saturated carbocycles. The molecule has 1 fully saturated rings. The lowest BCUT2D eigenvalue weighted by Gasteiger charge is -2.33. The van der Waals surface area contributed by atoms with Gasteiger partial charge in [0.1, 0.15) is 18.2 Å². The number of ether oxygens (including phenoxy) is 4. The summed E-state index contributed by atoms with van der Waals surface area (Å²) in [4.78, 5) is 19.3. The van der Waals surface area contributed by atoms with Gasteiger partial charge in [-0.2, -0.15) is 0 Å². The van der Waals surface area contributed by atoms with Crippen LogP contribution in [0.1, 0.15) is 25.3 Å². The fourth-order valence-electron chi connectivity index (χ4n) is 5.65. The van der Waals surface area contributed by atoms with Crippen LogP contribution in [0.4, 0.5) is 5.69 Å². The van der Waals surface area contributed by atoms with Crippen LogP contribution in [-0.4, -0.2) is 118 Å². The van der Waals surface area contributed by atoms with E-state index in [2.05, 4.69) is 56.3 Å². The highest BCUT2D eigenvalue weighted by Crippen LogP contribution is 2.45. The minimum Gasteiger partial charge on any atom is -0.478 e. The third kappa shape index (κ3) is 6.69. The predicted molar refractivity (Wildman–Crippen MR) is 159 cm³/mol. The summed E-state index contributed by atoms with van der Waals surface area (Å²) in [6.07, 6.45) is 8.14. The van der Waals surface area contributed by atoms with Crippen molar-refractivity contribution in [2.75, 3.05) is 86.1 Å². The quantitative estimate of drug-likeness (QED) is 0.542. The molecule has 41 heavy (non-hydrogen) atoms. The molecule has 11 nitrogen and oxygen atoms in total. The maximum absolute atomic E-state index is 6.41. The van der Waals surface area contributed by atoms with E-state index in [1.165, 1.54) is 0 Å². The average molecular weight is 566 g/mol. The Bertz CT molecular complexity index is 1190. The zero-order valence-electron chi connectivity index (χ0n) is 24.4. The summed E-state index contributed by atoms with van der Waals surface area (Å²) in [5, 5.41) is 3.40. The molecule has 0 radical (unpaired) electrons. The Labute approximate surface area is 243 Å². The van der Waals surface area contributed by atoms with Crippen LogP contribution >= 0.6 is 0 Å². The van der Waals surface area contributed by atoms with E-state index in [1.807, 2.05) is 18.3 Å². The zero-order valence-corrected chi connectivity index (χ0v) is 24.4. The number of piperazine rings is 1. The maximum Gasteiger partial charge on any atom is 0.231 e. The maximum atomic E-state index is 6.41. The summed E-state index contributed by atoms with van der Waals surface area (Å²) in [6.45, 7) is 12.7. The van der Waals surface area contributed by atoms with Crippen LogP contribution < -0.4 is 14.8 Å². The molecule has 1 unspecified atom stereocenters. The number of amidine groups is 1. The van der Waals surface area contributed by atoms with Gasteiger partial charge in [-0.15, -0.1) is 0 Å². The van der Waals surface area contributed by atoms with Gasteiger partial charge in [-0.1, -0.05) is 13.0 Å². The van der Waals surface area contributed by atoms with Crippen molar-refractivity contribution >= 4 is 17.7 Å². The average Bonchev–Trinajstić information content (AvgIpc) is 3.59. The van der Waals surface area contributed by atoms with Crippen LogP contribution in [0, 0.1) is 5.92 Å². The van der Waals surface area contributed by atoms with E-state index in [0.29, 0.717) is 44.5 Å². The van der Waals surface area contributed by atoms with Crippen molar-refractivity contribution < 1.29 is 18.9 Å². The van der Waals surface area contributed by atoms with E-state index in [0.717, 1.165) is 87.2 Å². The van der Waals surface area contributed by atoms with Crippen molar-refractivity contribution in [1.29, 1.82) is 0 Å². The number of hydrogen-bond donors (Lipinski definition) is 1. The van der Waals surface area contributed by atoms with Crippen molar-refractivity contribution in [3.8, 4) is 11.5 Å². The zero-order chi connectivity index (χ0) is 28.0. The van der Waals surface area contributed by atoms with E-state index in [4.69, 9.17) is 23.9 Å². The molecule has 2 bridgehead atoms. The second-order valence-electron chi connectivity index (χ2n) is 11.3. The summed E-state index contributed by atoms with van der Waals surface area (Å²) in [6, 6.07) is 4.00. The molecule has 5 aliphatic heterocycles. The van der Waals surface area contributed by atoms with Crippen molar-refractivity contribution in [2.45, 2.75) is 26.3 Å². The SMILES string of the molecule is CC1COCCCNCC=NCc2ccc3c(c2N=C2C1=CN1C=C(OCCCN4CCN(C)CC4)N2C1)OCO3. The Morgan fingerprint density at radius 1 is 1.12 bits per heavy atom. The first-order valence-corrected chi connectivity index (χ1v) is 14.9. The molecular weight excluding hydrogens is 522 g/mol. The number of nitrogens with one attached hydrogen (secondary N) is 1. The highest BCUT2D eigenvalue weighted by atomic mass is 16.7. The predicted octanol–water partition coefficient (Wildman–Crippen LogP) is 2.59. The van der Waals surface area contributed by atoms with Gasteiger partial charge in [0.05, 0.1) is 26.0 Å². The fraction of sp³-hybridized carbons (Fsp3) is 0.600. The van der Waals surface area contributed by atoms with Gasteiger partial charge in [-0.25, -0.2) is 4.99 Å². The molecule has 1 atom stereocenters. The smallest absolute Gasteiger partial charge is 0.231 e. The van der Waals surface area contributed by atoms with Gasteiger partial charge < -0.3 is 39.0 Å². The number of aliphatic imine (C=N–C) groups is 2. The summed E-state index contributed by atoms with van der Waals surface area (Å²) in [5.41, 5.74) is 2.87. The molecule has 1 saturated heterocycles. The van der Waals surface area contributed by atoms with Gasteiger partial charge in [0.25, 0.3) is 0 Å². The Morgan fingerprint density at radius 2 is 2.02 bits per heavy atom. The molecule has 1 aromatic rings. The van der Waals surface area contributed by atoms with Gasteiger partial charge in [0.15, 0.2) is 11.5 Å². The topological polar surface area (TPSA) is 86.6 Å². The van der Waals surface area contributed by atoms with Crippen LogP contribution in [-0.2, 0) is 16.0 Å². The largest absolute Gasteiger partial charge is 0.478 e. The highest BCUT2D eigenvalue weighted by molar-refractivity contribution is 6.02. The van der Waals surface area contributed by atoms with Gasteiger partial charge >= 0.3 is 0 Å². The molecule has 0 amide bonds. The number of hydrogen-bond acceptors (Lipinski definition) is 11. The Balaban J connectivity index is 1.25. The third-order valence-corrected chi connectivity index (χ3v) is 8.11. The van der Waals surface area contributed by atoms with Gasteiger partial charge in [0.2, 0.25) is 12.7 Å². The normalized spacial score (nSPS) is 24.0. The Morgan fingerprint density at radius 3 is 2.93 bits per heavy atom. The molecule has 6 rings (SSSR count). The second kappa shape index (κ2) is 13.2. The van der Waals surface area contributed by atoms with E-state index in [-0.39, 0.29) is 12.7 Å². The molecule has 0 aliphatic carbocycles. The molecular formula is C30H43N7O4. The van der Waals surface area contributed by atoms with E-state index >= 15 is 0 Å². The van der Waals surface area contributed by atoms with Gasteiger partial charge in [0, 0.05) is 75.3 Å². The van der Waals surface area contributed by atoms with Crippen LogP contribution in [0.5, 0.6) is 11.5 Å². The lowest BCUT2D eigenvalue weighted by atomic mass is 10.00. The lowest BCUT2D eigenvalue weighted by Crippen LogP contribution is -2.44. The van der Waals surface area contributed by atoms with E-state index in [1.54, 1.807) is 0 Å². The van der Waals surface area contributed by atoms with Gasteiger partial charge in [-0.3, -0.25) is 9.89 Å². The Hall–Kier alpha value is -3.12. The number of likely N-dealkylation sites (N-methyl/N-ethyl adjacent to an activating group) is 1. The minimum atomic E-state index is 0.139. The summed E-state index contributed by atoms with van der Waals surface area (Å²) < 4.78 is 24.2. The molecule has 1 N–H and O–H groups in total. The van der Waals surface area contributed by atoms with Crippen LogP contribution in [0.25, 0.3) is 0 Å². The van der Waals surface area contributed by atoms with Crippen LogP contribution in [0.3, 0.4) is 0 Å². The van der Waals surface area contributed by atoms with Crippen molar-refractivity contribution in [3.05, 3.63) is 41.6 Å². The molecule has 0 spiro atoms. The molecule has 5 aliphatic rings. The van der Waals surface area contributed by atoms with Crippen molar-refractivity contribution in [1.82, 2.24) is 24.9 Å². The van der Waals surface area contributed by atoms with Crippen molar-refractivity contribution in [2.24, 2.45) is 15.9 Å². The van der Waals surface area contributed by atoms with E-state index in [9.17, 15) is 0 Å². The summed E-state index contributed by atoms with van der Waals surface area (Å²) >= 11 is 0. The van der Waals surface area contributed by atoms with Crippen LogP contribution in [0.15, 0.2) is 46.0 Å². The molecule has 1 aromatic carbocycles. The molecule has 5 heterocycles. The standard InChI is InChI=1S/C30H43N7O4/c1-23-20-38-15-3-7-31-8-9-32-17-24-5-6-26-29(41-22-40-26)28(24)33-30-25(23)18-36-19-27(37(30)21-36)39-16-4-10-35-13-11-34(2)12-14-35/h5-6,9,18-19,23,31H,3-4,7-8,10-17,20-22H2,1-2H3. The number of nitrogens with zero attached hydrogens (tertiary/aromatic N) is 6. The summed E-state index contributed by atoms with van der Waals surface area (Å²) in [7, 11) is 2.19. The number of benzene rings is 1. The lowest BCUT2D eigenvalue weighted by molar-refractivity contribution is 0.109. The van der Waals surface area contributed by atoms with Crippen molar-refractivity contribution in [3.63, 3.8) is 0 Å².